The lowest BCUT2D eigenvalue weighted by Gasteiger charge is -2.20. The predicted molar refractivity (Wildman–Crippen MR) is 122 cm³/mol. The SMILES string of the molecule is CN=C(NCC(=O)Nc1ccc(F)cc1)NC1CCN(c2ccccc2)C1.I. The van der Waals surface area contributed by atoms with E-state index in [9.17, 15) is 9.18 Å². The molecule has 2 aromatic rings. The summed E-state index contributed by atoms with van der Waals surface area (Å²) >= 11 is 0. The molecule has 1 aliphatic rings. The molecular weight excluding hydrogens is 472 g/mol. The van der Waals surface area contributed by atoms with Crippen molar-refractivity contribution in [3.8, 4) is 0 Å². The molecule has 0 spiro atoms. The number of halogens is 2. The number of hydrogen-bond acceptors (Lipinski definition) is 3. The number of para-hydroxylation sites is 1. The highest BCUT2D eigenvalue weighted by Crippen LogP contribution is 2.19. The zero-order valence-electron chi connectivity index (χ0n) is 15.7. The number of amides is 1. The molecule has 3 N–H and O–H groups in total. The van der Waals surface area contributed by atoms with E-state index < -0.39 is 0 Å². The molecule has 0 bridgehead atoms. The van der Waals surface area contributed by atoms with Crippen LogP contribution in [0.3, 0.4) is 0 Å². The molecule has 0 aromatic heterocycles. The van der Waals surface area contributed by atoms with Crippen molar-refractivity contribution >= 4 is 47.2 Å². The smallest absolute Gasteiger partial charge is 0.243 e. The van der Waals surface area contributed by atoms with Crippen LogP contribution in [0.1, 0.15) is 6.42 Å². The normalized spacial score (nSPS) is 16.3. The number of nitrogens with zero attached hydrogens (tertiary/aromatic N) is 2. The van der Waals surface area contributed by atoms with Gasteiger partial charge in [-0.3, -0.25) is 9.79 Å². The van der Waals surface area contributed by atoms with Gasteiger partial charge in [-0.15, -0.1) is 24.0 Å². The van der Waals surface area contributed by atoms with Crippen LogP contribution in [0, 0.1) is 5.82 Å². The van der Waals surface area contributed by atoms with Crippen LogP contribution in [0.2, 0.25) is 0 Å². The molecule has 0 saturated carbocycles. The maximum absolute atomic E-state index is 12.9. The van der Waals surface area contributed by atoms with Crippen LogP contribution in [0.4, 0.5) is 15.8 Å². The summed E-state index contributed by atoms with van der Waals surface area (Å²) in [5.74, 6) is 0.0305. The molecule has 1 aliphatic heterocycles. The maximum atomic E-state index is 12.9. The van der Waals surface area contributed by atoms with E-state index in [0.29, 0.717) is 11.6 Å². The molecule has 8 heteroatoms. The second kappa shape index (κ2) is 10.8. The first-order chi connectivity index (χ1) is 13.1. The number of benzene rings is 2. The maximum Gasteiger partial charge on any atom is 0.243 e. The molecule has 0 radical (unpaired) electrons. The topological polar surface area (TPSA) is 68.8 Å². The Balaban J connectivity index is 0.00000280. The summed E-state index contributed by atoms with van der Waals surface area (Å²) in [6, 6.07) is 16.2. The fourth-order valence-corrected chi connectivity index (χ4v) is 3.04. The minimum absolute atomic E-state index is 0. The highest BCUT2D eigenvalue weighted by atomic mass is 127. The minimum atomic E-state index is -0.336. The van der Waals surface area contributed by atoms with E-state index in [4.69, 9.17) is 0 Å². The molecule has 2 aromatic carbocycles. The summed E-state index contributed by atoms with van der Waals surface area (Å²) in [5.41, 5.74) is 1.77. The summed E-state index contributed by atoms with van der Waals surface area (Å²) in [5, 5.41) is 9.09. The summed E-state index contributed by atoms with van der Waals surface area (Å²) in [6.45, 7) is 1.93. The van der Waals surface area contributed by atoms with Gasteiger partial charge in [-0.05, 0) is 42.8 Å². The monoisotopic (exact) mass is 497 g/mol. The Hall–Kier alpha value is -2.36. The van der Waals surface area contributed by atoms with E-state index in [1.54, 1.807) is 7.05 Å². The molecule has 150 valence electrons. The summed E-state index contributed by atoms with van der Waals surface area (Å²) < 4.78 is 12.9. The van der Waals surface area contributed by atoms with Gasteiger partial charge < -0.3 is 20.9 Å². The van der Waals surface area contributed by atoms with Gasteiger partial charge in [0, 0.05) is 37.6 Å². The average Bonchev–Trinajstić information content (AvgIpc) is 3.16. The molecule has 0 aliphatic carbocycles. The van der Waals surface area contributed by atoms with Crippen LogP contribution in [-0.2, 0) is 4.79 Å². The molecule has 1 atom stereocenters. The van der Waals surface area contributed by atoms with E-state index >= 15 is 0 Å². The third kappa shape index (κ3) is 6.36. The van der Waals surface area contributed by atoms with Crippen molar-refractivity contribution in [1.82, 2.24) is 10.6 Å². The molecule has 1 heterocycles. The minimum Gasteiger partial charge on any atom is -0.369 e. The molecular formula is C20H25FIN5O. The number of anilines is 2. The second-order valence-electron chi connectivity index (χ2n) is 6.39. The van der Waals surface area contributed by atoms with Gasteiger partial charge in [-0.2, -0.15) is 0 Å². The first-order valence-electron chi connectivity index (χ1n) is 8.96. The number of carbonyl (C=O) groups is 1. The first kappa shape index (κ1) is 21.9. The number of carbonyl (C=O) groups excluding carboxylic acids is 1. The quantitative estimate of drug-likeness (QED) is 0.338. The number of guanidine groups is 1. The van der Waals surface area contributed by atoms with Gasteiger partial charge in [0.2, 0.25) is 5.91 Å². The Morgan fingerprint density at radius 2 is 1.89 bits per heavy atom. The molecule has 1 unspecified atom stereocenters. The van der Waals surface area contributed by atoms with Crippen molar-refractivity contribution in [3.63, 3.8) is 0 Å². The largest absolute Gasteiger partial charge is 0.369 e. The van der Waals surface area contributed by atoms with Crippen LogP contribution in [0.5, 0.6) is 0 Å². The predicted octanol–water partition coefficient (Wildman–Crippen LogP) is 2.83. The van der Waals surface area contributed by atoms with Crippen molar-refractivity contribution in [2.45, 2.75) is 12.5 Å². The van der Waals surface area contributed by atoms with E-state index in [1.807, 2.05) is 18.2 Å². The Labute approximate surface area is 181 Å². The highest BCUT2D eigenvalue weighted by Gasteiger charge is 2.23. The molecule has 1 fully saturated rings. The van der Waals surface area contributed by atoms with Gasteiger partial charge in [0.05, 0.1) is 6.54 Å². The van der Waals surface area contributed by atoms with Crippen molar-refractivity contribution in [2.75, 3.05) is 36.9 Å². The Morgan fingerprint density at radius 3 is 2.57 bits per heavy atom. The van der Waals surface area contributed by atoms with Crippen LogP contribution in [0.25, 0.3) is 0 Å². The highest BCUT2D eigenvalue weighted by molar-refractivity contribution is 14.0. The lowest BCUT2D eigenvalue weighted by Crippen LogP contribution is -2.46. The van der Waals surface area contributed by atoms with Gasteiger partial charge in [-0.25, -0.2) is 4.39 Å². The molecule has 6 nitrogen and oxygen atoms in total. The van der Waals surface area contributed by atoms with Gasteiger partial charge in [0.25, 0.3) is 0 Å². The van der Waals surface area contributed by atoms with Crippen molar-refractivity contribution in [2.24, 2.45) is 4.99 Å². The summed E-state index contributed by atoms with van der Waals surface area (Å²) in [7, 11) is 1.68. The third-order valence-electron chi connectivity index (χ3n) is 4.42. The fourth-order valence-electron chi connectivity index (χ4n) is 3.04. The lowest BCUT2D eigenvalue weighted by molar-refractivity contribution is -0.115. The van der Waals surface area contributed by atoms with Crippen LogP contribution in [0.15, 0.2) is 59.6 Å². The zero-order valence-corrected chi connectivity index (χ0v) is 18.0. The van der Waals surface area contributed by atoms with Gasteiger partial charge in [-0.1, -0.05) is 18.2 Å². The van der Waals surface area contributed by atoms with Crippen molar-refractivity contribution < 1.29 is 9.18 Å². The molecule has 28 heavy (non-hydrogen) atoms. The van der Waals surface area contributed by atoms with Crippen LogP contribution >= 0.6 is 24.0 Å². The Morgan fingerprint density at radius 1 is 1.18 bits per heavy atom. The Bertz CT molecular complexity index is 785. The van der Waals surface area contributed by atoms with Crippen LogP contribution in [-0.4, -0.2) is 44.6 Å². The average molecular weight is 497 g/mol. The van der Waals surface area contributed by atoms with Crippen LogP contribution < -0.4 is 20.9 Å². The van der Waals surface area contributed by atoms with Crippen molar-refractivity contribution in [1.29, 1.82) is 0 Å². The van der Waals surface area contributed by atoms with E-state index in [1.165, 1.54) is 30.0 Å². The number of aliphatic imine (C=N–C) groups is 1. The fraction of sp³-hybridized carbons (Fsp3) is 0.300. The summed E-state index contributed by atoms with van der Waals surface area (Å²) in [6.07, 6.45) is 0.997. The molecule has 3 rings (SSSR count). The summed E-state index contributed by atoms with van der Waals surface area (Å²) in [4.78, 5) is 18.5. The Kier molecular flexibility index (Phi) is 8.49. The standard InChI is InChI=1S/C20H24FN5O.HI/c1-22-20(23-13-19(27)24-16-9-7-15(21)8-10-16)25-17-11-12-26(14-17)18-5-3-2-4-6-18;/h2-10,17H,11-14H2,1H3,(H,24,27)(H2,22,23,25);1H. The van der Waals surface area contributed by atoms with Crippen molar-refractivity contribution in [3.05, 3.63) is 60.4 Å². The third-order valence-corrected chi connectivity index (χ3v) is 4.42. The zero-order chi connectivity index (χ0) is 19.1. The molecule has 1 amide bonds. The second-order valence-corrected chi connectivity index (χ2v) is 6.39. The number of hydrogen-bond donors (Lipinski definition) is 3. The van der Waals surface area contributed by atoms with E-state index in [2.05, 4.69) is 38.0 Å². The number of nitrogens with one attached hydrogen (secondary N) is 3. The molecule has 1 saturated heterocycles. The van der Waals surface area contributed by atoms with Gasteiger partial charge in [0.15, 0.2) is 5.96 Å². The van der Waals surface area contributed by atoms with E-state index in [-0.39, 0.29) is 48.3 Å². The first-order valence-corrected chi connectivity index (χ1v) is 8.96. The lowest BCUT2D eigenvalue weighted by atomic mass is 10.3. The van der Waals surface area contributed by atoms with Gasteiger partial charge in [0.1, 0.15) is 5.82 Å². The van der Waals surface area contributed by atoms with Gasteiger partial charge >= 0.3 is 0 Å². The number of rotatable bonds is 5. The van der Waals surface area contributed by atoms with E-state index in [0.717, 1.165) is 19.5 Å².